The average Bonchev–Trinajstić information content (AvgIpc) is 3.07. The lowest BCUT2D eigenvalue weighted by atomic mass is 10.1. The molecule has 3 aromatic rings. The van der Waals surface area contributed by atoms with Crippen molar-refractivity contribution in [1.82, 2.24) is 9.55 Å². The van der Waals surface area contributed by atoms with Gasteiger partial charge in [-0.2, -0.15) is 13.2 Å². The van der Waals surface area contributed by atoms with Gasteiger partial charge in [-0.25, -0.2) is 4.98 Å². The summed E-state index contributed by atoms with van der Waals surface area (Å²) in [5.41, 5.74) is 1.69. The number of imidazole rings is 1. The molecule has 0 bridgehead atoms. The molecule has 0 aliphatic carbocycles. The summed E-state index contributed by atoms with van der Waals surface area (Å²) in [6, 6.07) is 11.6. The molecule has 1 aromatic heterocycles. The van der Waals surface area contributed by atoms with E-state index in [1.54, 1.807) is 17.8 Å². The van der Waals surface area contributed by atoms with Crippen LogP contribution in [-0.2, 0) is 12.7 Å². The van der Waals surface area contributed by atoms with Crippen molar-refractivity contribution in [3.63, 3.8) is 0 Å². The van der Waals surface area contributed by atoms with Crippen molar-refractivity contribution in [2.75, 3.05) is 5.75 Å². The summed E-state index contributed by atoms with van der Waals surface area (Å²) < 4.78 is 41.7. The summed E-state index contributed by atoms with van der Waals surface area (Å²) in [5, 5.41) is 0. The summed E-state index contributed by atoms with van der Waals surface area (Å²) in [6.45, 7) is 5.07. The fourth-order valence-corrected chi connectivity index (χ4v) is 4.19. The Bertz CT molecular complexity index is 947. The fourth-order valence-electron chi connectivity index (χ4n) is 3.39. The summed E-state index contributed by atoms with van der Waals surface area (Å²) in [5.74, 6) is 1.65. The number of benzene rings is 2. The van der Waals surface area contributed by atoms with E-state index in [0.717, 1.165) is 61.5 Å². The van der Waals surface area contributed by atoms with Crippen LogP contribution in [0, 0.1) is 0 Å². The smallest absolute Gasteiger partial charge is 0.324 e. The summed E-state index contributed by atoms with van der Waals surface area (Å²) >= 11 is 1.80. The molecular weight excluding hydrogens is 393 g/mol. The summed E-state index contributed by atoms with van der Waals surface area (Å²) in [7, 11) is 0. The molecule has 0 radical (unpaired) electrons. The number of fused-ring (bicyclic) bond motifs is 1. The molecule has 0 saturated carbocycles. The van der Waals surface area contributed by atoms with E-state index in [0.29, 0.717) is 11.4 Å². The number of rotatable bonds is 9. The zero-order valence-corrected chi connectivity index (χ0v) is 17.7. The Morgan fingerprint density at radius 3 is 2.52 bits per heavy atom. The zero-order valence-electron chi connectivity index (χ0n) is 16.9. The molecule has 0 aliphatic heterocycles. The molecule has 3 rings (SSSR count). The van der Waals surface area contributed by atoms with E-state index in [1.807, 2.05) is 12.1 Å². The lowest BCUT2D eigenvalue weighted by Gasteiger charge is -2.12. The van der Waals surface area contributed by atoms with Gasteiger partial charge in [-0.1, -0.05) is 45.2 Å². The third-order valence-corrected chi connectivity index (χ3v) is 6.08. The van der Waals surface area contributed by atoms with Gasteiger partial charge in [0.25, 0.3) is 0 Å². The van der Waals surface area contributed by atoms with Crippen LogP contribution in [0.15, 0.2) is 47.4 Å². The quantitative estimate of drug-likeness (QED) is 0.259. The van der Waals surface area contributed by atoms with Crippen LogP contribution >= 0.6 is 11.8 Å². The lowest BCUT2D eigenvalue weighted by molar-refractivity contribution is -0.137. The highest BCUT2D eigenvalue weighted by Crippen LogP contribution is 2.34. The zero-order chi connectivity index (χ0) is 20.9. The maximum Gasteiger partial charge on any atom is 0.416 e. The van der Waals surface area contributed by atoms with Crippen molar-refractivity contribution in [1.29, 1.82) is 0 Å². The van der Waals surface area contributed by atoms with E-state index in [9.17, 15) is 13.2 Å². The molecule has 0 atom stereocenters. The average molecular weight is 421 g/mol. The number of hydrogen-bond acceptors (Lipinski definition) is 2. The Morgan fingerprint density at radius 2 is 1.79 bits per heavy atom. The molecular formula is C23H27F3N2S. The number of unbranched alkanes of at least 4 members (excludes halogenated alkanes) is 3. The number of aryl methyl sites for hydroxylation is 1. The van der Waals surface area contributed by atoms with Crippen molar-refractivity contribution in [2.45, 2.75) is 63.6 Å². The van der Waals surface area contributed by atoms with Crippen molar-refractivity contribution < 1.29 is 13.2 Å². The topological polar surface area (TPSA) is 17.8 Å². The third kappa shape index (κ3) is 5.35. The fraction of sp³-hybridized carbons (Fsp3) is 0.435. The molecule has 0 aliphatic rings. The monoisotopic (exact) mass is 420 g/mol. The minimum absolute atomic E-state index is 0.509. The van der Waals surface area contributed by atoms with Gasteiger partial charge < -0.3 is 4.57 Å². The Labute approximate surface area is 174 Å². The van der Waals surface area contributed by atoms with Gasteiger partial charge in [0.15, 0.2) is 0 Å². The highest BCUT2D eigenvalue weighted by atomic mass is 32.2. The molecule has 0 spiro atoms. The van der Waals surface area contributed by atoms with Crippen molar-refractivity contribution in [3.05, 3.63) is 48.0 Å². The van der Waals surface area contributed by atoms with Gasteiger partial charge in [-0.3, -0.25) is 0 Å². The number of alkyl halides is 3. The summed E-state index contributed by atoms with van der Waals surface area (Å²) in [4.78, 5) is 5.88. The molecule has 29 heavy (non-hydrogen) atoms. The minimum Gasteiger partial charge on any atom is -0.324 e. The standard InChI is InChI=1S/C23H27F3N2S/c1-3-5-6-7-13-28-21-16-19(29-14-4-2)11-12-20(21)27-22(28)17-9-8-10-18(15-17)23(24,25)26/h8-12,15-16H,3-7,13-14H2,1-2H3. The minimum atomic E-state index is -4.36. The molecule has 2 nitrogen and oxygen atoms in total. The largest absolute Gasteiger partial charge is 0.416 e. The van der Waals surface area contributed by atoms with Gasteiger partial charge in [0.2, 0.25) is 0 Å². The van der Waals surface area contributed by atoms with Gasteiger partial charge in [0.1, 0.15) is 5.82 Å². The molecule has 0 unspecified atom stereocenters. The predicted octanol–water partition coefficient (Wildman–Crippen LogP) is 7.80. The van der Waals surface area contributed by atoms with Gasteiger partial charge in [0.05, 0.1) is 16.6 Å². The Hall–Kier alpha value is -1.95. The maximum atomic E-state index is 13.2. The number of nitrogens with zero attached hydrogens (tertiary/aromatic N) is 2. The number of halogens is 3. The van der Waals surface area contributed by atoms with Crippen LogP contribution in [0.4, 0.5) is 13.2 Å². The van der Waals surface area contributed by atoms with E-state index in [4.69, 9.17) is 4.98 Å². The molecule has 6 heteroatoms. The van der Waals surface area contributed by atoms with Gasteiger partial charge in [0, 0.05) is 17.0 Å². The maximum absolute atomic E-state index is 13.2. The van der Waals surface area contributed by atoms with Crippen molar-refractivity contribution >= 4 is 22.8 Å². The van der Waals surface area contributed by atoms with E-state index in [1.165, 1.54) is 17.0 Å². The van der Waals surface area contributed by atoms with E-state index in [-0.39, 0.29) is 0 Å². The SMILES string of the molecule is CCCCCCn1c(-c2cccc(C(F)(F)F)c2)nc2ccc(SCCC)cc21. The highest BCUT2D eigenvalue weighted by molar-refractivity contribution is 7.99. The number of aromatic nitrogens is 2. The van der Waals surface area contributed by atoms with Crippen LogP contribution in [0.25, 0.3) is 22.4 Å². The third-order valence-electron chi connectivity index (χ3n) is 4.88. The molecule has 0 fully saturated rings. The molecule has 1 heterocycles. The van der Waals surface area contributed by atoms with E-state index >= 15 is 0 Å². The Kier molecular flexibility index (Phi) is 7.28. The van der Waals surface area contributed by atoms with Crippen LogP contribution in [0.5, 0.6) is 0 Å². The Morgan fingerprint density at radius 1 is 0.966 bits per heavy atom. The molecule has 0 amide bonds. The normalized spacial score (nSPS) is 12.0. The van der Waals surface area contributed by atoms with Gasteiger partial charge in [-0.05, 0) is 48.9 Å². The van der Waals surface area contributed by atoms with E-state index < -0.39 is 11.7 Å². The van der Waals surface area contributed by atoms with Crippen LogP contribution < -0.4 is 0 Å². The second kappa shape index (κ2) is 9.70. The van der Waals surface area contributed by atoms with Crippen molar-refractivity contribution in [3.8, 4) is 11.4 Å². The molecule has 0 N–H and O–H groups in total. The first-order valence-corrected chi connectivity index (χ1v) is 11.2. The number of hydrogen-bond donors (Lipinski definition) is 0. The first kappa shape index (κ1) is 21.8. The van der Waals surface area contributed by atoms with Gasteiger partial charge in [-0.15, -0.1) is 11.8 Å². The van der Waals surface area contributed by atoms with Crippen LogP contribution in [0.1, 0.15) is 51.5 Å². The number of thioether (sulfide) groups is 1. The molecule has 0 saturated heterocycles. The van der Waals surface area contributed by atoms with Crippen molar-refractivity contribution in [2.24, 2.45) is 0 Å². The Balaban J connectivity index is 2.05. The van der Waals surface area contributed by atoms with E-state index in [2.05, 4.69) is 24.5 Å². The van der Waals surface area contributed by atoms with Gasteiger partial charge >= 0.3 is 6.18 Å². The summed E-state index contributed by atoms with van der Waals surface area (Å²) in [6.07, 6.45) is 1.11. The second-order valence-corrected chi connectivity index (χ2v) is 8.39. The predicted molar refractivity (Wildman–Crippen MR) is 115 cm³/mol. The second-order valence-electron chi connectivity index (χ2n) is 7.23. The molecule has 156 valence electrons. The first-order valence-electron chi connectivity index (χ1n) is 10.2. The van der Waals surface area contributed by atoms with Crippen LogP contribution in [0.3, 0.4) is 0 Å². The lowest BCUT2D eigenvalue weighted by Crippen LogP contribution is -2.06. The van der Waals surface area contributed by atoms with Crippen LogP contribution in [0.2, 0.25) is 0 Å². The first-order chi connectivity index (χ1) is 13.9. The highest BCUT2D eigenvalue weighted by Gasteiger charge is 2.30. The molecule has 2 aromatic carbocycles. The van der Waals surface area contributed by atoms with Crippen LogP contribution in [-0.4, -0.2) is 15.3 Å².